The summed E-state index contributed by atoms with van der Waals surface area (Å²) in [6.07, 6.45) is 0.210. The van der Waals surface area contributed by atoms with Crippen LogP contribution in [0.2, 0.25) is 0 Å². The van der Waals surface area contributed by atoms with Crippen LogP contribution in [-0.2, 0) is 13.8 Å². The van der Waals surface area contributed by atoms with E-state index in [4.69, 9.17) is 19.6 Å². The van der Waals surface area contributed by atoms with Gasteiger partial charge in [-0.05, 0) is 6.42 Å². The van der Waals surface area contributed by atoms with Gasteiger partial charge in [-0.1, -0.05) is 6.92 Å². The van der Waals surface area contributed by atoms with E-state index in [9.17, 15) is 4.57 Å². The number of phosphoric ester groups is 1. The van der Waals surface area contributed by atoms with Crippen LogP contribution in [0, 0.1) is 0 Å². The smallest absolute Gasteiger partial charge is 0.394 e. The van der Waals surface area contributed by atoms with Crippen LogP contribution in [0.15, 0.2) is 0 Å². The molecule has 0 rings (SSSR count). The highest BCUT2D eigenvalue weighted by Crippen LogP contribution is 2.38. The number of likely N-dealkylation sites (N-methyl/N-ethyl adjacent to an activating group) is 2. The molecule has 0 saturated carbocycles. The predicted octanol–water partition coefficient (Wildman–Crippen LogP) is 0.282. The molecule has 0 spiro atoms. The molecule has 0 aromatic rings. The molecular weight excluding hydrogens is 323 g/mol. The summed E-state index contributed by atoms with van der Waals surface area (Å²) in [6, 6.07) is 0. The summed E-state index contributed by atoms with van der Waals surface area (Å²) in [5, 5.41) is 8.37. The van der Waals surface area contributed by atoms with Gasteiger partial charge in [-0.3, -0.25) is 4.52 Å². The summed E-state index contributed by atoms with van der Waals surface area (Å²) < 4.78 is 21.8. The average Bonchev–Trinajstić information content (AvgIpc) is 2.30. The van der Waals surface area contributed by atoms with Crippen molar-refractivity contribution in [3.8, 4) is 0 Å². The molecule has 0 heterocycles. The summed E-state index contributed by atoms with van der Waals surface area (Å²) in [5.41, 5.74) is 0. The van der Waals surface area contributed by atoms with Gasteiger partial charge in [0.15, 0.2) is 0 Å². The van der Waals surface area contributed by atoms with E-state index >= 15 is 0 Å². The lowest BCUT2D eigenvalue weighted by atomic mass is 10.2. The Hall–Kier alpha value is -0.0500. The molecule has 0 bridgehead atoms. The van der Waals surface area contributed by atoms with Crippen LogP contribution in [0.5, 0.6) is 0 Å². The van der Waals surface area contributed by atoms with E-state index in [0.29, 0.717) is 24.1 Å². The third-order valence-corrected chi connectivity index (χ3v) is 3.21. The van der Waals surface area contributed by atoms with Gasteiger partial charge in [0.1, 0.15) is 19.2 Å². The fourth-order valence-electron chi connectivity index (χ4n) is 1.55. The second-order valence-electron chi connectivity index (χ2n) is 7.45. The molecule has 0 radical (unpaired) electrons. The van der Waals surface area contributed by atoms with Crippen LogP contribution in [0.4, 0.5) is 0 Å². The van der Waals surface area contributed by atoms with Crippen molar-refractivity contribution in [1.29, 1.82) is 0 Å². The van der Waals surface area contributed by atoms with Gasteiger partial charge in [-0.25, -0.2) is 4.57 Å². The Balaban J connectivity index is 0. The van der Waals surface area contributed by atoms with Crippen LogP contribution < -0.4 is 0 Å². The van der Waals surface area contributed by atoms with Crippen LogP contribution in [-0.4, -0.2) is 105 Å². The van der Waals surface area contributed by atoms with Crippen LogP contribution in [0.1, 0.15) is 13.3 Å². The first-order valence-electron chi connectivity index (χ1n) is 7.73. The van der Waals surface area contributed by atoms with E-state index in [1.54, 1.807) is 0 Å². The quantitative estimate of drug-likeness (QED) is 0.294. The van der Waals surface area contributed by atoms with Gasteiger partial charge in [0.05, 0.1) is 62.1 Å². The van der Waals surface area contributed by atoms with Crippen molar-refractivity contribution in [3.05, 3.63) is 0 Å². The van der Waals surface area contributed by atoms with Gasteiger partial charge in [0.2, 0.25) is 0 Å². The number of aliphatic hydroxyl groups excluding tert-OH is 1. The molecule has 0 aliphatic rings. The number of rotatable bonds is 10. The Morgan fingerprint density at radius 1 is 1.00 bits per heavy atom. The van der Waals surface area contributed by atoms with Gasteiger partial charge in [-0.2, -0.15) is 0 Å². The number of ether oxygens (including phenoxy) is 1. The molecule has 0 aromatic heterocycles. The van der Waals surface area contributed by atoms with Crippen molar-refractivity contribution >= 4 is 7.82 Å². The van der Waals surface area contributed by atoms with Crippen molar-refractivity contribution in [2.45, 2.75) is 19.4 Å². The zero-order chi connectivity index (χ0) is 18.7. The number of hydrogen-bond acceptors (Lipinski definition) is 4. The van der Waals surface area contributed by atoms with Crippen LogP contribution in [0.25, 0.3) is 0 Å². The number of aliphatic hydroxyl groups is 1. The van der Waals surface area contributed by atoms with E-state index < -0.39 is 7.82 Å². The minimum Gasteiger partial charge on any atom is -0.394 e. The molecule has 0 fully saturated rings. The van der Waals surface area contributed by atoms with Crippen molar-refractivity contribution in [3.63, 3.8) is 0 Å². The molecule has 0 amide bonds. The lowest BCUT2D eigenvalue weighted by Gasteiger charge is -2.28. The highest BCUT2D eigenvalue weighted by molar-refractivity contribution is 7.46. The molecule has 0 aromatic carbocycles. The predicted molar refractivity (Wildman–Crippen MR) is 90.9 cm³/mol. The lowest BCUT2D eigenvalue weighted by Crippen LogP contribution is -2.41. The third kappa shape index (κ3) is 24.3. The summed E-state index contributed by atoms with van der Waals surface area (Å²) in [4.78, 5) is 17.2. The van der Waals surface area contributed by atoms with Gasteiger partial charge >= 0.3 is 7.82 Å². The van der Waals surface area contributed by atoms with E-state index in [0.717, 1.165) is 17.6 Å². The van der Waals surface area contributed by atoms with Crippen LogP contribution >= 0.6 is 7.82 Å². The molecule has 1 atom stereocenters. The van der Waals surface area contributed by atoms with Gasteiger partial charge in [0, 0.05) is 0 Å². The standard InChI is InChI=1S/C7H18NO4P.C7H18NO2/c1-5-7(6-8(2,3)4)12-13(9,10)11;1-8(2,3)4-6-10-7-5-9/h7H,5-6H2,1-4H3,(H-,9,10,11);9H,4-7H2,1-3H3/q;+1/p+1. The number of hydrogen-bond donors (Lipinski definition) is 3. The molecule has 8 nitrogen and oxygen atoms in total. The Morgan fingerprint density at radius 2 is 1.52 bits per heavy atom. The summed E-state index contributed by atoms with van der Waals surface area (Å²) in [7, 11) is 7.86. The highest BCUT2D eigenvalue weighted by Gasteiger charge is 2.25. The zero-order valence-corrected chi connectivity index (χ0v) is 16.6. The average molecular weight is 360 g/mol. The first-order chi connectivity index (χ1) is 10.2. The topological polar surface area (TPSA) is 96.2 Å². The second kappa shape index (κ2) is 11.5. The summed E-state index contributed by atoms with van der Waals surface area (Å²) in [6.45, 7) is 4.72. The van der Waals surface area contributed by atoms with Crippen molar-refractivity contribution in [2.24, 2.45) is 0 Å². The third-order valence-electron chi connectivity index (χ3n) is 2.64. The van der Waals surface area contributed by atoms with Gasteiger partial charge < -0.3 is 28.6 Å². The van der Waals surface area contributed by atoms with Crippen molar-refractivity contribution < 1.29 is 37.7 Å². The molecule has 0 aliphatic carbocycles. The van der Waals surface area contributed by atoms with E-state index in [-0.39, 0.29) is 12.7 Å². The molecule has 0 saturated heterocycles. The second-order valence-corrected chi connectivity index (χ2v) is 8.64. The van der Waals surface area contributed by atoms with E-state index in [1.165, 1.54) is 0 Å². The number of nitrogens with zero attached hydrogens (tertiary/aromatic N) is 2. The molecular formula is C14H37N2O6P+2. The largest absolute Gasteiger partial charge is 0.470 e. The minimum absolute atomic E-state index is 0.122. The van der Waals surface area contributed by atoms with E-state index in [1.807, 2.05) is 28.1 Å². The SMILES string of the molecule is CCC(C[N+](C)(C)C)OP(=O)(O)O.C[N+](C)(C)CCOCCO. The maximum absolute atomic E-state index is 10.6. The van der Waals surface area contributed by atoms with Crippen molar-refractivity contribution in [1.82, 2.24) is 0 Å². The summed E-state index contributed by atoms with van der Waals surface area (Å²) >= 11 is 0. The summed E-state index contributed by atoms with van der Waals surface area (Å²) in [5.74, 6) is 0. The molecule has 0 aliphatic heterocycles. The Labute approximate surface area is 141 Å². The maximum Gasteiger partial charge on any atom is 0.470 e. The highest BCUT2D eigenvalue weighted by atomic mass is 31.2. The van der Waals surface area contributed by atoms with Gasteiger partial charge in [0.25, 0.3) is 0 Å². The van der Waals surface area contributed by atoms with E-state index in [2.05, 4.69) is 25.7 Å². The Kier molecular flexibility index (Phi) is 12.6. The normalized spacial score (nSPS) is 14.2. The minimum atomic E-state index is -4.33. The number of quaternary nitrogens is 2. The number of phosphoric acid groups is 1. The molecule has 3 N–H and O–H groups in total. The monoisotopic (exact) mass is 360 g/mol. The zero-order valence-electron chi connectivity index (χ0n) is 15.7. The van der Waals surface area contributed by atoms with Crippen molar-refractivity contribution in [2.75, 3.05) is 75.2 Å². The van der Waals surface area contributed by atoms with Crippen LogP contribution in [0.3, 0.4) is 0 Å². The lowest BCUT2D eigenvalue weighted by molar-refractivity contribution is -0.873. The first kappa shape index (κ1) is 25.2. The molecule has 23 heavy (non-hydrogen) atoms. The molecule has 9 heteroatoms. The fourth-order valence-corrected chi connectivity index (χ4v) is 2.15. The Morgan fingerprint density at radius 3 is 1.83 bits per heavy atom. The Bertz CT molecular complexity index is 335. The maximum atomic E-state index is 10.6. The fraction of sp³-hybridized carbons (Fsp3) is 1.00. The first-order valence-corrected chi connectivity index (χ1v) is 9.26. The van der Waals surface area contributed by atoms with Gasteiger partial charge in [-0.15, -0.1) is 0 Å². The molecule has 1 unspecified atom stereocenters. The molecule has 142 valence electrons.